The predicted octanol–water partition coefficient (Wildman–Crippen LogP) is 15.6. The van der Waals surface area contributed by atoms with Crippen LogP contribution >= 0.6 is 0 Å². The fourth-order valence-corrected chi connectivity index (χ4v) is 8.33. The van der Waals surface area contributed by atoms with E-state index in [2.05, 4.69) is 206 Å². The fraction of sp³-hybridized carbons (Fsp3) is 0.0182. The van der Waals surface area contributed by atoms with Crippen molar-refractivity contribution in [3.8, 4) is 22.3 Å². The highest BCUT2D eigenvalue weighted by molar-refractivity contribution is 6.10. The van der Waals surface area contributed by atoms with Gasteiger partial charge in [-0.25, -0.2) is 0 Å². The van der Waals surface area contributed by atoms with Gasteiger partial charge in [0.15, 0.2) is 0 Å². The van der Waals surface area contributed by atoms with E-state index in [1.54, 1.807) is 0 Å². The second-order valence-electron chi connectivity index (χ2n) is 14.6. The number of hydrogen-bond acceptors (Lipinski definition) is 2. The maximum atomic E-state index is 6.41. The van der Waals surface area contributed by atoms with Gasteiger partial charge in [0.25, 0.3) is 0 Å². The average molecular weight is 730 g/mol. The number of allylic oxidation sites excluding steroid dienone is 2. The number of rotatable bonds is 8. The number of furan rings is 1. The lowest BCUT2D eigenvalue weighted by molar-refractivity contribution is 0.670. The molecule has 0 spiro atoms. The summed E-state index contributed by atoms with van der Waals surface area (Å²) < 4.78 is 6.41. The lowest BCUT2D eigenvalue weighted by Gasteiger charge is -2.26. The molecule has 0 atom stereocenters. The molecule has 0 bridgehead atoms. The lowest BCUT2D eigenvalue weighted by atomic mass is 9.92. The Bertz CT molecular complexity index is 3130. The molecular formula is C55H39NO. The summed E-state index contributed by atoms with van der Waals surface area (Å²) in [6.45, 7) is 6.15. The highest BCUT2D eigenvalue weighted by Crippen LogP contribution is 2.41. The van der Waals surface area contributed by atoms with Gasteiger partial charge in [0.2, 0.25) is 0 Å². The lowest BCUT2D eigenvalue weighted by Crippen LogP contribution is -2.09. The van der Waals surface area contributed by atoms with E-state index in [1.807, 2.05) is 18.2 Å². The fourth-order valence-electron chi connectivity index (χ4n) is 8.33. The molecule has 0 amide bonds. The number of benzene rings is 9. The van der Waals surface area contributed by atoms with Crippen LogP contribution in [0.3, 0.4) is 0 Å². The van der Waals surface area contributed by atoms with Gasteiger partial charge in [-0.15, -0.1) is 0 Å². The van der Waals surface area contributed by atoms with Crippen LogP contribution in [0, 0.1) is 6.92 Å². The monoisotopic (exact) mass is 729 g/mol. The number of aryl methyl sites for hydroxylation is 1. The summed E-state index contributed by atoms with van der Waals surface area (Å²) in [4.78, 5) is 2.35. The van der Waals surface area contributed by atoms with Gasteiger partial charge in [0.1, 0.15) is 11.2 Å². The van der Waals surface area contributed by atoms with Crippen LogP contribution in [0.2, 0.25) is 0 Å². The van der Waals surface area contributed by atoms with Gasteiger partial charge in [-0.2, -0.15) is 0 Å². The predicted molar refractivity (Wildman–Crippen MR) is 243 cm³/mol. The Hall–Kier alpha value is -7.42. The van der Waals surface area contributed by atoms with Crippen molar-refractivity contribution in [3.05, 3.63) is 230 Å². The topological polar surface area (TPSA) is 16.4 Å². The maximum absolute atomic E-state index is 6.41. The van der Waals surface area contributed by atoms with E-state index in [1.165, 1.54) is 49.4 Å². The molecule has 0 saturated carbocycles. The molecule has 10 rings (SSSR count). The first kappa shape index (κ1) is 34.1. The zero-order chi connectivity index (χ0) is 38.3. The van der Waals surface area contributed by atoms with E-state index in [4.69, 9.17) is 4.42 Å². The van der Waals surface area contributed by atoms with Gasteiger partial charge in [0, 0.05) is 33.4 Å². The van der Waals surface area contributed by atoms with E-state index < -0.39 is 0 Å². The highest BCUT2D eigenvalue weighted by Gasteiger charge is 2.17. The van der Waals surface area contributed by atoms with E-state index in [0.717, 1.165) is 55.7 Å². The molecule has 0 radical (unpaired) electrons. The third-order valence-corrected chi connectivity index (χ3v) is 11.2. The first-order valence-electron chi connectivity index (χ1n) is 19.4. The van der Waals surface area contributed by atoms with Crippen LogP contribution in [0.4, 0.5) is 17.1 Å². The summed E-state index contributed by atoms with van der Waals surface area (Å²) in [5.74, 6) is 0. The molecule has 2 heteroatoms. The van der Waals surface area contributed by atoms with Crippen LogP contribution in [0.15, 0.2) is 217 Å². The molecule has 9 aromatic carbocycles. The Morgan fingerprint density at radius 1 is 0.491 bits per heavy atom. The summed E-state index contributed by atoms with van der Waals surface area (Å²) in [6.07, 6.45) is 3.97. The Balaban J connectivity index is 1.03. The van der Waals surface area contributed by atoms with Gasteiger partial charge < -0.3 is 9.32 Å². The average Bonchev–Trinajstić information content (AvgIpc) is 3.66. The molecule has 1 aromatic heterocycles. The van der Waals surface area contributed by atoms with Crippen LogP contribution in [0.1, 0.15) is 16.7 Å². The molecule has 0 aliphatic heterocycles. The third-order valence-electron chi connectivity index (χ3n) is 11.2. The molecule has 0 unspecified atom stereocenters. The smallest absolute Gasteiger partial charge is 0.143 e. The van der Waals surface area contributed by atoms with Gasteiger partial charge in [-0.3, -0.25) is 0 Å². The molecule has 0 fully saturated rings. The maximum Gasteiger partial charge on any atom is 0.143 e. The van der Waals surface area contributed by atoms with Crippen LogP contribution in [0.5, 0.6) is 0 Å². The summed E-state index contributed by atoms with van der Waals surface area (Å²) in [5, 5.41) is 7.23. The molecular weight excluding hydrogens is 691 g/mol. The summed E-state index contributed by atoms with van der Waals surface area (Å²) in [6, 6.07) is 69.7. The van der Waals surface area contributed by atoms with Crippen molar-refractivity contribution in [1.82, 2.24) is 0 Å². The summed E-state index contributed by atoms with van der Waals surface area (Å²) in [7, 11) is 0. The molecule has 0 saturated heterocycles. The van der Waals surface area contributed by atoms with Crippen LogP contribution in [-0.4, -0.2) is 0 Å². The quantitative estimate of drug-likeness (QED) is 0.114. The Kier molecular flexibility index (Phi) is 8.58. The van der Waals surface area contributed by atoms with Gasteiger partial charge in [-0.1, -0.05) is 170 Å². The SMILES string of the molecule is C=C/C=C(/c1ccc(-c2ccc(N(c3ccc(-c4cccc5c4oc4ccccc45)cc3)c3ccc4c(ccc5ccccc54)c3)cc2)cc1)c1ccccc1C. The number of nitrogens with zero attached hydrogens (tertiary/aromatic N) is 1. The van der Waals surface area contributed by atoms with E-state index in [0.29, 0.717) is 0 Å². The van der Waals surface area contributed by atoms with Crippen molar-refractivity contribution >= 4 is 66.1 Å². The summed E-state index contributed by atoms with van der Waals surface area (Å²) >= 11 is 0. The van der Waals surface area contributed by atoms with E-state index in [9.17, 15) is 0 Å². The van der Waals surface area contributed by atoms with Gasteiger partial charge in [0.05, 0.1) is 0 Å². The van der Waals surface area contributed by atoms with Crippen molar-refractivity contribution in [1.29, 1.82) is 0 Å². The van der Waals surface area contributed by atoms with E-state index in [-0.39, 0.29) is 0 Å². The molecule has 0 aliphatic carbocycles. The molecule has 10 aromatic rings. The molecule has 57 heavy (non-hydrogen) atoms. The largest absolute Gasteiger partial charge is 0.455 e. The minimum atomic E-state index is 0.905. The van der Waals surface area contributed by atoms with E-state index >= 15 is 0 Å². The Morgan fingerprint density at radius 2 is 1.09 bits per heavy atom. The van der Waals surface area contributed by atoms with Crippen molar-refractivity contribution < 1.29 is 4.42 Å². The number of fused-ring (bicyclic) bond motifs is 6. The Labute approximate surface area is 332 Å². The first-order valence-corrected chi connectivity index (χ1v) is 19.4. The van der Waals surface area contributed by atoms with Crippen molar-refractivity contribution in [2.75, 3.05) is 4.90 Å². The molecule has 0 N–H and O–H groups in total. The van der Waals surface area contributed by atoms with Crippen LogP contribution in [0.25, 0.3) is 71.3 Å². The summed E-state index contributed by atoms with van der Waals surface area (Å²) in [5.41, 5.74) is 14.4. The van der Waals surface area contributed by atoms with Gasteiger partial charge >= 0.3 is 0 Å². The standard InChI is InChI=1S/C55H39NO/c1-3-11-48(47-14-6-4-12-37(47)2)41-22-20-38(21-23-41)39-26-30-44(31-27-39)56(46-34-35-50-43(36-46)25-24-40-13-5-7-15-49(40)50)45-32-28-42(29-33-45)51-17-10-18-53-52-16-8-9-19-54(52)57-55(51)53/h3-36H,1H2,2H3/b48-11-. The number of anilines is 3. The second kappa shape index (κ2) is 14.3. The zero-order valence-corrected chi connectivity index (χ0v) is 31.7. The van der Waals surface area contributed by atoms with Crippen molar-refractivity contribution in [2.45, 2.75) is 6.92 Å². The molecule has 270 valence electrons. The minimum Gasteiger partial charge on any atom is -0.455 e. The Morgan fingerprint density at radius 3 is 1.84 bits per heavy atom. The first-order chi connectivity index (χ1) is 28.1. The van der Waals surface area contributed by atoms with Crippen LogP contribution in [-0.2, 0) is 0 Å². The molecule has 0 aliphatic rings. The normalized spacial score (nSPS) is 11.8. The zero-order valence-electron chi connectivity index (χ0n) is 31.7. The number of para-hydroxylation sites is 2. The number of hydrogen-bond donors (Lipinski definition) is 0. The minimum absolute atomic E-state index is 0.905. The molecule has 2 nitrogen and oxygen atoms in total. The van der Waals surface area contributed by atoms with Crippen molar-refractivity contribution in [2.24, 2.45) is 0 Å². The molecule has 1 heterocycles. The van der Waals surface area contributed by atoms with Gasteiger partial charge in [-0.05, 0) is 110 Å². The highest BCUT2D eigenvalue weighted by atomic mass is 16.3. The third kappa shape index (κ3) is 6.18. The second-order valence-corrected chi connectivity index (χ2v) is 14.6. The van der Waals surface area contributed by atoms with Crippen LogP contribution < -0.4 is 4.90 Å². The van der Waals surface area contributed by atoms with Crippen molar-refractivity contribution in [3.63, 3.8) is 0 Å².